The molecule has 26 heavy (non-hydrogen) atoms. The minimum Gasteiger partial charge on any atom is -0.457 e. The predicted octanol–water partition coefficient (Wildman–Crippen LogP) is 4.59. The van der Waals surface area contributed by atoms with Crippen molar-refractivity contribution >= 4 is 16.7 Å². The second-order valence-corrected chi connectivity index (χ2v) is 8.49. The highest BCUT2D eigenvalue weighted by atomic mass is 16.5. The van der Waals surface area contributed by atoms with E-state index in [1.54, 1.807) is 0 Å². The molecule has 0 radical (unpaired) electrons. The van der Waals surface area contributed by atoms with Crippen LogP contribution in [0.15, 0.2) is 18.2 Å². The summed E-state index contributed by atoms with van der Waals surface area (Å²) in [5.41, 5.74) is 8.13. The van der Waals surface area contributed by atoms with Gasteiger partial charge in [-0.3, -0.25) is 0 Å². The predicted molar refractivity (Wildman–Crippen MR) is 99.4 cm³/mol. The standard InChI is InChI=1S/C23H22O3/c1-4-5-13-18-16-11-25-21(24)15(16)10-12-6-7-14(17(12)18)20-19(13)22(2)8-9-23(20,3)26-22/h8-10H,4-7,11H2,1-3H3/t22-,23+/m1/s1. The number of benzene rings is 2. The van der Waals surface area contributed by atoms with Gasteiger partial charge in [-0.2, -0.15) is 0 Å². The van der Waals surface area contributed by atoms with Crippen molar-refractivity contribution in [1.29, 1.82) is 0 Å². The van der Waals surface area contributed by atoms with Crippen LogP contribution in [-0.4, -0.2) is 5.97 Å². The highest BCUT2D eigenvalue weighted by Gasteiger charge is 2.54. The van der Waals surface area contributed by atoms with Crippen molar-refractivity contribution in [2.24, 2.45) is 0 Å². The molecule has 3 nitrogen and oxygen atoms in total. The van der Waals surface area contributed by atoms with Gasteiger partial charge in [0, 0.05) is 5.56 Å². The molecule has 2 aromatic rings. The van der Waals surface area contributed by atoms with Crippen LogP contribution in [0.1, 0.15) is 70.9 Å². The van der Waals surface area contributed by atoms with Gasteiger partial charge >= 0.3 is 5.97 Å². The third-order valence-electron chi connectivity index (χ3n) is 6.82. The molecule has 0 amide bonds. The molecule has 0 spiro atoms. The summed E-state index contributed by atoms with van der Waals surface area (Å²) in [6.07, 6.45) is 8.60. The lowest BCUT2D eigenvalue weighted by molar-refractivity contribution is -0.0499. The highest BCUT2D eigenvalue weighted by molar-refractivity contribution is 6.06. The fraction of sp³-hybridized carbons (Fsp3) is 0.435. The molecule has 132 valence electrons. The van der Waals surface area contributed by atoms with Gasteiger partial charge in [-0.05, 0) is 89.9 Å². The van der Waals surface area contributed by atoms with Crippen LogP contribution in [0, 0.1) is 0 Å². The first-order valence-corrected chi connectivity index (χ1v) is 9.71. The van der Waals surface area contributed by atoms with E-state index in [2.05, 4.69) is 39.0 Å². The number of fused-ring (bicyclic) bond motifs is 8. The number of rotatable bonds is 2. The monoisotopic (exact) mass is 346 g/mol. The Morgan fingerprint density at radius 2 is 1.81 bits per heavy atom. The molecule has 0 saturated carbocycles. The average molecular weight is 346 g/mol. The lowest BCUT2D eigenvalue weighted by Gasteiger charge is -2.26. The number of aryl methyl sites for hydroxylation is 3. The minimum absolute atomic E-state index is 0.162. The largest absolute Gasteiger partial charge is 0.457 e. The lowest BCUT2D eigenvalue weighted by atomic mass is 9.74. The Kier molecular flexibility index (Phi) is 2.53. The third-order valence-corrected chi connectivity index (χ3v) is 6.82. The maximum absolute atomic E-state index is 12.3. The fourth-order valence-electron chi connectivity index (χ4n) is 5.95. The van der Waals surface area contributed by atoms with Crippen molar-refractivity contribution in [3.05, 3.63) is 57.2 Å². The van der Waals surface area contributed by atoms with E-state index >= 15 is 0 Å². The molecule has 0 unspecified atom stereocenters. The minimum atomic E-state index is -0.353. The second kappa shape index (κ2) is 4.40. The number of esters is 1. The molecule has 2 atom stereocenters. The van der Waals surface area contributed by atoms with Crippen molar-refractivity contribution < 1.29 is 14.3 Å². The Morgan fingerprint density at radius 3 is 2.58 bits per heavy atom. The number of ether oxygens (including phenoxy) is 2. The molecule has 0 saturated heterocycles. The summed E-state index contributed by atoms with van der Waals surface area (Å²) in [6.45, 7) is 7.03. The molecule has 2 aromatic carbocycles. The molecule has 0 aromatic heterocycles. The van der Waals surface area contributed by atoms with Gasteiger partial charge in [0.15, 0.2) is 0 Å². The summed E-state index contributed by atoms with van der Waals surface area (Å²) in [5.74, 6) is -0.162. The number of carbonyl (C=O) groups excluding carboxylic acids is 1. The van der Waals surface area contributed by atoms with Crippen LogP contribution in [0.4, 0.5) is 0 Å². The van der Waals surface area contributed by atoms with Crippen LogP contribution in [0.5, 0.6) is 0 Å². The molecule has 0 fully saturated rings. The first kappa shape index (κ1) is 15.0. The Labute approximate surface area is 153 Å². The number of hydrogen-bond donors (Lipinski definition) is 0. The van der Waals surface area contributed by atoms with E-state index < -0.39 is 0 Å². The van der Waals surface area contributed by atoms with Crippen molar-refractivity contribution in [2.45, 2.75) is 64.3 Å². The Morgan fingerprint density at radius 1 is 1.04 bits per heavy atom. The fourth-order valence-corrected chi connectivity index (χ4v) is 5.95. The number of hydrogen-bond acceptors (Lipinski definition) is 3. The van der Waals surface area contributed by atoms with E-state index in [0.717, 1.165) is 36.8 Å². The molecule has 6 rings (SSSR count). The molecule has 3 aliphatic heterocycles. The van der Waals surface area contributed by atoms with Crippen LogP contribution < -0.4 is 0 Å². The number of cyclic esters (lactones) is 1. The summed E-state index contributed by atoms with van der Waals surface area (Å²) in [5, 5.41) is 2.68. The Hall–Kier alpha value is -2.13. The Bertz CT molecular complexity index is 1080. The SMILES string of the molecule is CCCc1c2c(c3c4c(cc5c(c14)COC5=O)CC3)[C@]1(C)C=C[C@@]2(C)O1. The van der Waals surface area contributed by atoms with Gasteiger partial charge in [0.05, 0.1) is 5.56 Å². The van der Waals surface area contributed by atoms with Crippen molar-refractivity contribution in [3.63, 3.8) is 0 Å². The summed E-state index contributed by atoms with van der Waals surface area (Å²) >= 11 is 0. The number of carbonyl (C=O) groups is 1. The summed E-state index contributed by atoms with van der Waals surface area (Å²) in [6, 6.07) is 2.10. The topological polar surface area (TPSA) is 35.5 Å². The maximum atomic E-state index is 12.3. The average Bonchev–Trinajstić information content (AvgIpc) is 3.32. The van der Waals surface area contributed by atoms with Gasteiger partial charge in [0.2, 0.25) is 0 Å². The van der Waals surface area contributed by atoms with Gasteiger partial charge < -0.3 is 9.47 Å². The van der Waals surface area contributed by atoms with Crippen LogP contribution in [-0.2, 0) is 46.5 Å². The molecule has 3 heteroatoms. The smallest absolute Gasteiger partial charge is 0.338 e. The van der Waals surface area contributed by atoms with Crippen LogP contribution in [0.3, 0.4) is 0 Å². The van der Waals surface area contributed by atoms with Gasteiger partial charge in [-0.15, -0.1) is 0 Å². The van der Waals surface area contributed by atoms with E-state index in [0.29, 0.717) is 6.61 Å². The van der Waals surface area contributed by atoms with Gasteiger partial charge in [-0.1, -0.05) is 13.3 Å². The van der Waals surface area contributed by atoms with Gasteiger partial charge in [0.25, 0.3) is 0 Å². The molecule has 3 heterocycles. The van der Waals surface area contributed by atoms with E-state index in [1.165, 1.54) is 38.6 Å². The Balaban J connectivity index is 1.85. The first-order chi connectivity index (χ1) is 12.5. The summed E-state index contributed by atoms with van der Waals surface area (Å²) < 4.78 is 12.0. The van der Waals surface area contributed by atoms with E-state index in [9.17, 15) is 4.79 Å². The third kappa shape index (κ3) is 1.49. The zero-order chi connectivity index (χ0) is 17.8. The zero-order valence-corrected chi connectivity index (χ0v) is 15.5. The normalized spacial score (nSPS) is 29.6. The van der Waals surface area contributed by atoms with Gasteiger partial charge in [0.1, 0.15) is 17.8 Å². The molecule has 4 aliphatic rings. The summed E-state index contributed by atoms with van der Waals surface area (Å²) in [4.78, 5) is 12.3. The molecule has 1 aliphatic carbocycles. The lowest BCUT2D eigenvalue weighted by Crippen LogP contribution is -2.19. The first-order valence-electron chi connectivity index (χ1n) is 9.71. The molecular weight excluding hydrogens is 324 g/mol. The summed E-state index contributed by atoms with van der Waals surface area (Å²) in [7, 11) is 0. The van der Waals surface area contributed by atoms with E-state index in [-0.39, 0.29) is 17.2 Å². The second-order valence-electron chi connectivity index (χ2n) is 8.49. The molecule has 2 bridgehead atoms. The van der Waals surface area contributed by atoms with Crippen LogP contribution in [0.2, 0.25) is 0 Å². The molecular formula is C23H22O3. The van der Waals surface area contributed by atoms with Crippen molar-refractivity contribution in [1.82, 2.24) is 0 Å². The quantitative estimate of drug-likeness (QED) is 0.589. The van der Waals surface area contributed by atoms with E-state index in [4.69, 9.17) is 9.47 Å². The van der Waals surface area contributed by atoms with Crippen molar-refractivity contribution in [3.8, 4) is 0 Å². The highest BCUT2D eigenvalue weighted by Crippen LogP contribution is 2.59. The molecule has 0 N–H and O–H groups in total. The van der Waals surface area contributed by atoms with Crippen LogP contribution >= 0.6 is 0 Å². The maximum Gasteiger partial charge on any atom is 0.338 e. The van der Waals surface area contributed by atoms with E-state index in [1.807, 2.05) is 0 Å². The van der Waals surface area contributed by atoms with Gasteiger partial charge in [-0.25, -0.2) is 4.79 Å². The van der Waals surface area contributed by atoms with Crippen molar-refractivity contribution in [2.75, 3.05) is 0 Å². The zero-order valence-electron chi connectivity index (χ0n) is 15.5. The van der Waals surface area contributed by atoms with Crippen LogP contribution in [0.25, 0.3) is 10.8 Å².